The SMILES string of the molecule is CCc1nc2c(c(=O)n(CC3CCC(=O)CO3)c(=O)n2C)n1C. The molecular formula is C15H20N4O4. The summed E-state index contributed by atoms with van der Waals surface area (Å²) in [7, 11) is 3.39. The molecule has 0 bridgehead atoms. The minimum absolute atomic E-state index is 0.0493. The van der Waals surface area contributed by atoms with Gasteiger partial charge in [-0.05, 0) is 6.42 Å². The van der Waals surface area contributed by atoms with Gasteiger partial charge in [0.2, 0.25) is 0 Å². The van der Waals surface area contributed by atoms with E-state index in [0.29, 0.717) is 30.4 Å². The Labute approximate surface area is 132 Å². The summed E-state index contributed by atoms with van der Waals surface area (Å²) in [5, 5.41) is 0. The summed E-state index contributed by atoms with van der Waals surface area (Å²) in [6.45, 7) is 2.15. The summed E-state index contributed by atoms with van der Waals surface area (Å²) in [6, 6.07) is 0. The van der Waals surface area contributed by atoms with Crippen LogP contribution in [0.25, 0.3) is 11.2 Å². The first kappa shape index (κ1) is 15.7. The van der Waals surface area contributed by atoms with Crippen LogP contribution in [0.5, 0.6) is 0 Å². The fourth-order valence-corrected chi connectivity index (χ4v) is 3.00. The number of ether oxygens (including phenoxy) is 1. The Morgan fingerprint density at radius 1 is 1.22 bits per heavy atom. The van der Waals surface area contributed by atoms with Gasteiger partial charge in [0.25, 0.3) is 5.56 Å². The van der Waals surface area contributed by atoms with Gasteiger partial charge in [0.1, 0.15) is 12.4 Å². The molecule has 0 amide bonds. The largest absolute Gasteiger partial charge is 0.369 e. The first-order chi connectivity index (χ1) is 10.9. The summed E-state index contributed by atoms with van der Waals surface area (Å²) in [5.74, 6) is 0.806. The number of rotatable bonds is 3. The first-order valence-electron chi connectivity index (χ1n) is 7.72. The van der Waals surface area contributed by atoms with Crippen LogP contribution in [0.4, 0.5) is 0 Å². The number of Topliss-reactive ketones (excluding diaryl/α,β-unsaturated/α-hetero) is 1. The van der Waals surface area contributed by atoms with Crippen LogP contribution in [0, 0.1) is 0 Å². The molecule has 0 saturated carbocycles. The highest BCUT2D eigenvalue weighted by Gasteiger charge is 2.23. The molecule has 3 heterocycles. The molecule has 0 aliphatic carbocycles. The molecule has 8 heteroatoms. The average Bonchev–Trinajstić information content (AvgIpc) is 2.88. The lowest BCUT2D eigenvalue weighted by Gasteiger charge is -2.22. The van der Waals surface area contributed by atoms with Crippen LogP contribution >= 0.6 is 0 Å². The Bertz CT molecular complexity index is 879. The molecule has 0 spiro atoms. The maximum atomic E-state index is 12.8. The van der Waals surface area contributed by atoms with Crippen molar-refractivity contribution in [2.45, 2.75) is 38.8 Å². The number of ketones is 1. The Kier molecular flexibility index (Phi) is 3.93. The van der Waals surface area contributed by atoms with Gasteiger partial charge in [-0.25, -0.2) is 9.78 Å². The lowest BCUT2D eigenvalue weighted by atomic mass is 10.1. The highest BCUT2D eigenvalue weighted by atomic mass is 16.5. The molecule has 3 rings (SSSR count). The molecule has 124 valence electrons. The Hall–Kier alpha value is -2.22. The lowest BCUT2D eigenvalue weighted by molar-refractivity contribution is -0.131. The van der Waals surface area contributed by atoms with Crippen molar-refractivity contribution in [3.8, 4) is 0 Å². The first-order valence-corrected chi connectivity index (χ1v) is 7.72. The van der Waals surface area contributed by atoms with Gasteiger partial charge >= 0.3 is 5.69 Å². The van der Waals surface area contributed by atoms with Crippen LogP contribution in [-0.2, 0) is 36.6 Å². The summed E-state index contributed by atoms with van der Waals surface area (Å²) in [5.41, 5.74) is 0.0354. The number of aromatic nitrogens is 4. The summed E-state index contributed by atoms with van der Waals surface area (Å²) >= 11 is 0. The molecule has 1 aliphatic rings. The lowest BCUT2D eigenvalue weighted by Crippen LogP contribution is -2.43. The van der Waals surface area contributed by atoms with E-state index in [-0.39, 0.29) is 30.6 Å². The maximum Gasteiger partial charge on any atom is 0.332 e. The van der Waals surface area contributed by atoms with Crippen molar-refractivity contribution in [1.82, 2.24) is 18.7 Å². The molecule has 2 aromatic rings. The Morgan fingerprint density at radius 2 is 1.96 bits per heavy atom. The predicted molar refractivity (Wildman–Crippen MR) is 83.6 cm³/mol. The molecule has 2 aromatic heterocycles. The van der Waals surface area contributed by atoms with E-state index < -0.39 is 5.69 Å². The van der Waals surface area contributed by atoms with Gasteiger partial charge < -0.3 is 9.30 Å². The molecule has 23 heavy (non-hydrogen) atoms. The van der Waals surface area contributed by atoms with Gasteiger partial charge in [-0.1, -0.05) is 6.92 Å². The van der Waals surface area contributed by atoms with Crippen molar-refractivity contribution in [3.63, 3.8) is 0 Å². The van der Waals surface area contributed by atoms with Crippen LogP contribution in [-0.4, -0.2) is 37.2 Å². The highest BCUT2D eigenvalue weighted by molar-refractivity contribution is 5.80. The average molecular weight is 320 g/mol. The normalized spacial score (nSPS) is 18.7. The van der Waals surface area contributed by atoms with Crippen molar-refractivity contribution >= 4 is 16.9 Å². The van der Waals surface area contributed by atoms with Crippen LogP contribution in [0.1, 0.15) is 25.6 Å². The third-order valence-electron chi connectivity index (χ3n) is 4.38. The summed E-state index contributed by atoms with van der Waals surface area (Å²) in [6.07, 6.45) is 1.33. The predicted octanol–water partition coefficient (Wildman–Crippen LogP) is -0.256. The number of carbonyl (C=O) groups is 1. The topological polar surface area (TPSA) is 88.1 Å². The fourth-order valence-electron chi connectivity index (χ4n) is 3.00. The monoisotopic (exact) mass is 320 g/mol. The van der Waals surface area contributed by atoms with Crippen LogP contribution in [0.3, 0.4) is 0 Å². The highest BCUT2D eigenvalue weighted by Crippen LogP contribution is 2.13. The smallest absolute Gasteiger partial charge is 0.332 e. The maximum absolute atomic E-state index is 12.8. The quantitative estimate of drug-likeness (QED) is 0.778. The van der Waals surface area contributed by atoms with E-state index >= 15 is 0 Å². The van der Waals surface area contributed by atoms with E-state index in [1.807, 2.05) is 6.92 Å². The van der Waals surface area contributed by atoms with E-state index in [0.717, 1.165) is 5.82 Å². The van der Waals surface area contributed by atoms with E-state index in [2.05, 4.69) is 4.98 Å². The van der Waals surface area contributed by atoms with Crippen molar-refractivity contribution in [1.29, 1.82) is 0 Å². The van der Waals surface area contributed by atoms with Crippen molar-refractivity contribution in [2.75, 3.05) is 6.61 Å². The summed E-state index contributed by atoms with van der Waals surface area (Å²) < 4.78 is 9.75. The van der Waals surface area contributed by atoms with Crippen molar-refractivity contribution < 1.29 is 9.53 Å². The number of aryl methyl sites for hydroxylation is 3. The Balaban J connectivity index is 2.10. The number of nitrogens with zero attached hydrogens (tertiary/aromatic N) is 4. The standard InChI is InChI=1S/C15H20N4O4/c1-4-11-16-13-12(17(11)2)14(21)19(15(22)18(13)3)7-10-6-5-9(20)8-23-10/h10H,4-8H2,1-3H3. The summed E-state index contributed by atoms with van der Waals surface area (Å²) in [4.78, 5) is 40.9. The third-order valence-corrected chi connectivity index (χ3v) is 4.38. The molecule has 0 N–H and O–H groups in total. The zero-order chi connectivity index (χ0) is 16.7. The second-order valence-electron chi connectivity index (χ2n) is 5.88. The van der Waals surface area contributed by atoms with Crippen molar-refractivity contribution in [3.05, 3.63) is 26.7 Å². The Morgan fingerprint density at radius 3 is 2.57 bits per heavy atom. The molecule has 1 unspecified atom stereocenters. The number of carbonyl (C=O) groups excluding carboxylic acids is 1. The van der Waals surface area contributed by atoms with E-state index in [4.69, 9.17) is 4.74 Å². The zero-order valence-corrected chi connectivity index (χ0v) is 13.5. The zero-order valence-electron chi connectivity index (χ0n) is 13.5. The van der Waals surface area contributed by atoms with E-state index in [1.165, 1.54) is 9.13 Å². The second kappa shape index (κ2) is 5.77. The minimum Gasteiger partial charge on any atom is -0.369 e. The molecule has 0 radical (unpaired) electrons. The van der Waals surface area contributed by atoms with Crippen LogP contribution in [0.2, 0.25) is 0 Å². The second-order valence-corrected chi connectivity index (χ2v) is 5.88. The molecule has 8 nitrogen and oxygen atoms in total. The fraction of sp³-hybridized carbons (Fsp3) is 0.600. The van der Waals surface area contributed by atoms with Gasteiger partial charge in [-0.3, -0.25) is 18.7 Å². The van der Waals surface area contributed by atoms with Gasteiger partial charge in [0.05, 0.1) is 12.6 Å². The molecule has 0 aromatic carbocycles. The van der Waals surface area contributed by atoms with Gasteiger partial charge in [-0.2, -0.15) is 0 Å². The molecule has 1 saturated heterocycles. The number of hydrogen-bond donors (Lipinski definition) is 0. The van der Waals surface area contributed by atoms with Crippen molar-refractivity contribution in [2.24, 2.45) is 14.1 Å². The van der Waals surface area contributed by atoms with Gasteiger partial charge in [0, 0.05) is 26.9 Å². The number of hydrogen-bond acceptors (Lipinski definition) is 5. The molecule has 1 fully saturated rings. The number of fused-ring (bicyclic) bond motifs is 1. The molecular weight excluding hydrogens is 300 g/mol. The van der Waals surface area contributed by atoms with Crippen LogP contribution in [0.15, 0.2) is 9.59 Å². The molecule has 1 aliphatic heterocycles. The van der Waals surface area contributed by atoms with Crippen LogP contribution < -0.4 is 11.2 Å². The number of imidazole rings is 1. The van der Waals surface area contributed by atoms with E-state index in [1.54, 1.807) is 18.7 Å². The van der Waals surface area contributed by atoms with Gasteiger partial charge in [-0.15, -0.1) is 0 Å². The van der Waals surface area contributed by atoms with Gasteiger partial charge in [0.15, 0.2) is 16.9 Å². The minimum atomic E-state index is -0.413. The molecule has 1 atom stereocenters. The van der Waals surface area contributed by atoms with E-state index in [9.17, 15) is 14.4 Å². The third kappa shape index (κ3) is 2.52.